The van der Waals surface area contributed by atoms with Crippen molar-refractivity contribution in [3.05, 3.63) is 47.3 Å². The lowest BCUT2D eigenvalue weighted by atomic mass is 10.2. The number of rotatable bonds is 4. The molecule has 1 amide bonds. The molecule has 5 heteroatoms. The number of para-hydroxylation sites is 1. The molecule has 0 bridgehead atoms. The SMILES string of the molecule is COc1ccccc1CNC(=O)c1cnoc1C. The van der Waals surface area contributed by atoms with Gasteiger partial charge in [-0.3, -0.25) is 4.79 Å². The third kappa shape index (κ3) is 2.51. The molecule has 0 aliphatic carbocycles. The minimum absolute atomic E-state index is 0.209. The molecule has 1 N–H and O–H groups in total. The summed E-state index contributed by atoms with van der Waals surface area (Å²) >= 11 is 0. The summed E-state index contributed by atoms with van der Waals surface area (Å²) < 4.78 is 10.1. The van der Waals surface area contributed by atoms with Crippen LogP contribution in [-0.4, -0.2) is 18.2 Å². The number of aromatic nitrogens is 1. The molecule has 0 saturated carbocycles. The van der Waals surface area contributed by atoms with Crippen molar-refractivity contribution in [3.8, 4) is 5.75 Å². The summed E-state index contributed by atoms with van der Waals surface area (Å²) in [5.74, 6) is 1.05. The third-order valence-corrected chi connectivity index (χ3v) is 2.63. The van der Waals surface area contributed by atoms with Gasteiger partial charge >= 0.3 is 0 Å². The fourth-order valence-corrected chi connectivity index (χ4v) is 1.64. The van der Waals surface area contributed by atoms with Crippen molar-refractivity contribution in [1.29, 1.82) is 0 Å². The Hall–Kier alpha value is -2.30. The summed E-state index contributed by atoms with van der Waals surface area (Å²) in [7, 11) is 1.60. The van der Waals surface area contributed by atoms with E-state index in [-0.39, 0.29) is 5.91 Å². The van der Waals surface area contributed by atoms with E-state index in [1.807, 2.05) is 24.3 Å². The molecule has 2 rings (SSSR count). The zero-order chi connectivity index (χ0) is 13.0. The van der Waals surface area contributed by atoms with Crippen molar-refractivity contribution in [1.82, 2.24) is 10.5 Å². The lowest BCUT2D eigenvalue weighted by Gasteiger charge is -2.08. The number of amides is 1. The summed E-state index contributed by atoms with van der Waals surface area (Å²) in [6.45, 7) is 2.10. The predicted molar refractivity (Wildman–Crippen MR) is 65.4 cm³/mol. The van der Waals surface area contributed by atoms with Crippen LogP contribution in [0.5, 0.6) is 5.75 Å². The lowest BCUT2D eigenvalue weighted by molar-refractivity contribution is 0.0949. The first-order valence-corrected chi connectivity index (χ1v) is 5.53. The molecule has 94 valence electrons. The number of hydrogen-bond donors (Lipinski definition) is 1. The maximum Gasteiger partial charge on any atom is 0.256 e. The molecule has 0 aliphatic rings. The van der Waals surface area contributed by atoms with Crippen molar-refractivity contribution >= 4 is 5.91 Å². The van der Waals surface area contributed by atoms with Crippen LogP contribution in [-0.2, 0) is 6.54 Å². The monoisotopic (exact) mass is 246 g/mol. The van der Waals surface area contributed by atoms with Gasteiger partial charge < -0.3 is 14.6 Å². The molecule has 0 fully saturated rings. The van der Waals surface area contributed by atoms with Crippen LogP contribution in [0.25, 0.3) is 0 Å². The lowest BCUT2D eigenvalue weighted by Crippen LogP contribution is -2.23. The highest BCUT2D eigenvalue weighted by atomic mass is 16.5. The smallest absolute Gasteiger partial charge is 0.256 e. The highest BCUT2D eigenvalue weighted by Gasteiger charge is 2.12. The molecule has 1 aromatic heterocycles. The Morgan fingerprint density at radius 3 is 2.89 bits per heavy atom. The number of aryl methyl sites for hydroxylation is 1. The molecular weight excluding hydrogens is 232 g/mol. The van der Waals surface area contributed by atoms with E-state index in [0.717, 1.165) is 11.3 Å². The fraction of sp³-hybridized carbons (Fsp3) is 0.231. The Labute approximate surface area is 105 Å². The fourth-order valence-electron chi connectivity index (χ4n) is 1.64. The average molecular weight is 246 g/mol. The zero-order valence-corrected chi connectivity index (χ0v) is 10.3. The number of methoxy groups -OCH3 is 1. The molecule has 1 aromatic carbocycles. The first kappa shape index (κ1) is 12.2. The van der Waals surface area contributed by atoms with Gasteiger partial charge in [0, 0.05) is 12.1 Å². The van der Waals surface area contributed by atoms with Crippen LogP contribution in [0.4, 0.5) is 0 Å². The molecule has 0 unspecified atom stereocenters. The van der Waals surface area contributed by atoms with Gasteiger partial charge in [0.2, 0.25) is 0 Å². The van der Waals surface area contributed by atoms with E-state index in [2.05, 4.69) is 10.5 Å². The van der Waals surface area contributed by atoms with Crippen molar-refractivity contribution in [2.75, 3.05) is 7.11 Å². The summed E-state index contributed by atoms with van der Waals surface area (Å²) in [6, 6.07) is 7.54. The van der Waals surface area contributed by atoms with Gasteiger partial charge in [-0.15, -0.1) is 0 Å². The Balaban J connectivity index is 2.04. The number of hydrogen-bond acceptors (Lipinski definition) is 4. The number of benzene rings is 1. The van der Waals surface area contributed by atoms with Gasteiger partial charge in [0.1, 0.15) is 17.1 Å². The predicted octanol–water partition coefficient (Wildman–Crippen LogP) is 1.92. The van der Waals surface area contributed by atoms with Gasteiger partial charge in [-0.25, -0.2) is 0 Å². The van der Waals surface area contributed by atoms with E-state index in [9.17, 15) is 4.79 Å². The molecule has 0 atom stereocenters. The van der Waals surface area contributed by atoms with Crippen molar-refractivity contribution in [2.24, 2.45) is 0 Å². The summed E-state index contributed by atoms with van der Waals surface area (Å²) in [4.78, 5) is 11.8. The number of ether oxygens (including phenoxy) is 1. The van der Waals surface area contributed by atoms with Gasteiger partial charge in [-0.1, -0.05) is 23.4 Å². The third-order valence-electron chi connectivity index (χ3n) is 2.63. The van der Waals surface area contributed by atoms with Crippen LogP contribution < -0.4 is 10.1 Å². The molecular formula is C13H14N2O3. The van der Waals surface area contributed by atoms with Crippen LogP contribution in [0, 0.1) is 6.92 Å². The van der Waals surface area contributed by atoms with Crippen LogP contribution in [0.2, 0.25) is 0 Å². The van der Waals surface area contributed by atoms with Gasteiger partial charge in [0.15, 0.2) is 0 Å². The number of nitrogens with one attached hydrogen (secondary N) is 1. The van der Waals surface area contributed by atoms with E-state index in [1.165, 1.54) is 6.20 Å². The maximum atomic E-state index is 11.8. The largest absolute Gasteiger partial charge is 0.496 e. The van der Waals surface area contributed by atoms with Crippen molar-refractivity contribution < 1.29 is 14.1 Å². The zero-order valence-electron chi connectivity index (χ0n) is 10.3. The molecule has 0 radical (unpaired) electrons. The second-order valence-corrected chi connectivity index (χ2v) is 3.79. The van der Waals surface area contributed by atoms with E-state index in [4.69, 9.17) is 9.26 Å². The van der Waals surface area contributed by atoms with Crippen LogP contribution in [0.1, 0.15) is 21.7 Å². The topological polar surface area (TPSA) is 64.4 Å². The normalized spacial score (nSPS) is 10.1. The minimum Gasteiger partial charge on any atom is -0.496 e. The molecule has 18 heavy (non-hydrogen) atoms. The van der Waals surface area contributed by atoms with Gasteiger partial charge in [0.25, 0.3) is 5.91 Å². The van der Waals surface area contributed by atoms with E-state index in [0.29, 0.717) is 17.9 Å². The van der Waals surface area contributed by atoms with Crippen LogP contribution >= 0.6 is 0 Å². The number of carbonyl (C=O) groups is 1. The standard InChI is InChI=1S/C13H14N2O3/c1-9-11(8-15-18-9)13(16)14-7-10-5-3-4-6-12(10)17-2/h3-6,8H,7H2,1-2H3,(H,14,16). The molecule has 1 heterocycles. The highest BCUT2D eigenvalue weighted by Crippen LogP contribution is 2.17. The van der Waals surface area contributed by atoms with Crippen molar-refractivity contribution in [2.45, 2.75) is 13.5 Å². The van der Waals surface area contributed by atoms with Crippen LogP contribution in [0.3, 0.4) is 0 Å². The quantitative estimate of drug-likeness (QED) is 0.895. The molecule has 0 saturated heterocycles. The van der Waals surface area contributed by atoms with E-state index >= 15 is 0 Å². The van der Waals surface area contributed by atoms with Crippen LogP contribution in [0.15, 0.2) is 35.0 Å². The Kier molecular flexibility index (Phi) is 3.62. The summed E-state index contributed by atoms with van der Waals surface area (Å²) in [6.07, 6.45) is 1.41. The highest BCUT2D eigenvalue weighted by molar-refractivity contribution is 5.94. The van der Waals surface area contributed by atoms with Gasteiger partial charge in [-0.2, -0.15) is 0 Å². The average Bonchev–Trinajstić information content (AvgIpc) is 2.82. The molecule has 5 nitrogen and oxygen atoms in total. The minimum atomic E-state index is -0.209. The first-order chi connectivity index (χ1) is 8.72. The van der Waals surface area contributed by atoms with Gasteiger partial charge in [0.05, 0.1) is 13.3 Å². The second kappa shape index (κ2) is 5.35. The molecule has 0 aliphatic heterocycles. The van der Waals surface area contributed by atoms with Gasteiger partial charge in [-0.05, 0) is 13.0 Å². The summed E-state index contributed by atoms with van der Waals surface area (Å²) in [5, 5.41) is 6.37. The first-order valence-electron chi connectivity index (χ1n) is 5.53. The maximum absolute atomic E-state index is 11.8. The Bertz CT molecular complexity index is 549. The Morgan fingerprint density at radius 1 is 1.44 bits per heavy atom. The second-order valence-electron chi connectivity index (χ2n) is 3.79. The molecule has 2 aromatic rings. The number of carbonyl (C=O) groups excluding carboxylic acids is 1. The van der Waals surface area contributed by atoms with E-state index < -0.39 is 0 Å². The number of nitrogens with zero attached hydrogens (tertiary/aromatic N) is 1. The summed E-state index contributed by atoms with van der Waals surface area (Å²) in [5.41, 5.74) is 1.37. The molecule has 0 spiro atoms. The Morgan fingerprint density at radius 2 is 2.22 bits per heavy atom. The van der Waals surface area contributed by atoms with Crippen molar-refractivity contribution in [3.63, 3.8) is 0 Å². The van der Waals surface area contributed by atoms with E-state index in [1.54, 1.807) is 14.0 Å².